The lowest BCUT2D eigenvalue weighted by Gasteiger charge is -2.10. The van der Waals surface area contributed by atoms with Crippen molar-refractivity contribution in [2.75, 3.05) is 12.3 Å². The average molecular weight is 237 g/mol. The smallest absolute Gasteiger partial charge is 0.0216 e. The summed E-state index contributed by atoms with van der Waals surface area (Å²) in [5, 5.41) is 3.41. The molecule has 0 atom stereocenters. The van der Waals surface area contributed by atoms with E-state index in [1.807, 2.05) is 11.8 Å². The fraction of sp³-hybridized carbons (Fsp3) is 0.571. The van der Waals surface area contributed by atoms with Gasteiger partial charge in [-0.2, -0.15) is 0 Å². The number of rotatable bonds is 7. The van der Waals surface area contributed by atoms with Gasteiger partial charge in [-0.15, -0.1) is 11.8 Å². The Balaban J connectivity index is 2.64. The summed E-state index contributed by atoms with van der Waals surface area (Å²) in [6, 6.07) is 6.78. The molecule has 0 fully saturated rings. The molecular formula is C14H23NS. The summed E-state index contributed by atoms with van der Waals surface area (Å²) in [6.45, 7) is 8.59. The first-order valence-electron chi connectivity index (χ1n) is 6.21. The molecule has 0 aromatic heterocycles. The van der Waals surface area contributed by atoms with Crippen LogP contribution in [-0.2, 0) is 6.54 Å². The van der Waals surface area contributed by atoms with Crippen molar-refractivity contribution in [2.24, 2.45) is 0 Å². The highest BCUT2D eigenvalue weighted by Gasteiger charge is 2.02. The van der Waals surface area contributed by atoms with E-state index in [9.17, 15) is 0 Å². The molecule has 0 aliphatic heterocycles. The van der Waals surface area contributed by atoms with Gasteiger partial charge in [-0.05, 0) is 37.3 Å². The lowest BCUT2D eigenvalue weighted by Crippen LogP contribution is -2.12. The first-order chi connectivity index (χ1) is 7.77. The van der Waals surface area contributed by atoms with E-state index in [1.165, 1.54) is 34.6 Å². The quantitative estimate of drug-likeness (QED) is 0.568. The summed E-state index contributed by atoms with van der Waals surface area (Å²) in [5.74, 6) is 1.23. The Morgan fingerprint density at radius 1 is 1.25 bits per heavy atom. The molecule has 0 aliphatic rings. The third-order valence-electron chi connectivity index (χ3n) is 2.54. The summed E-state index contributed by atoms with van der Waals surface area (Å²) in [5.41, 5.74) is 2.80. The predicted molar refractivity (Wildman–Crippen MR) is 74.2 cm³/mol. The molecular weight excluding hydrogens is 214 g/mol. The molecule has 2 heteroatoms. The number of unbranched alkanes of at least 4 members (excludes halogenated alkanes) is 1. The maximum atomic E-state index is 3.41. The van der Waals surface area contributed by atoms with Crippen molar-refractivity contribution >= 4 is 11.8 Å². The van der Waals surface area contributed by atoms with Gasteiger partial charge in [-0.3, -0.25) is 0 Å². The van der Waals surface area contributed by atoms with Crippen molar-refractivity contribution in [1.82, 2.24) is 5.32 Å². The Bertz CT molecular complexity index is 310. The number of hydrogen-bond acceptors (Lipinski definition) is 2. The second-order valence-electron chi connectivity index (χ2n) is 4.09. The first kappa shape index (κ1) is 13.6. The summed E-state index contributed by atoms with van der Waals surface area (Å²) >= 11 is 1.99. The van der Waals surface area contributed by atoms with Crippen molar-refractivity contribution in [2.45, 2.75) is 45.1 Å². The fourth-order valence-corrected chi connectivity index (χ4v) is 2.71. The molecule has 0 unspecified atom stereocenters. The highest BCUT2D eigenvalue weighted by molar-refractivity contribution is 7.99. The molecule has 0 heterocycles. The molecule has 16 heavy (non-hydrogen) atoms. The van der Waals surface area contributed by atoms with Gasteiger partial charge in [0.15, 0.2) is 0 Å². The minimum absolute atomic E-state index is 0.993. The molecule has 0 aliphatic carbocycles. The van der Waals surface area contributed by atoms with Crippen LogP contribution in [-0.4, -0.2) is 12.3 Å². The van der Waals surface area contributed by atoms with Crippen LogP contribution >= 0.6 is 11.8 Å². The van der Waals surface area contributed by atoms with Crippen LogP contribution in [0.15, 0.2) is 23.1 Å². The lowest BCUT2D eigenvalue weighted by molar-refractivity contribution is 0.717. The van der Waals surface area contributed by atoms with Gasteiger partial charge in [0.2, 0.25) is 0 Å². The van der Waals surface area contributed by atoms with Crippen molar-refractivity contribution in [3.8, 4) is 0 Å². The van der Waals surface area contributed by atoms with E-state index in [4.69, 9.17) is 0 Å². The molecule has 1 nitrogen and oxygen atoms in total. The zero-order valence-electron chi connectivity index (χ0n) is 10.7. The third-order valence-corrected chi connectivity index (χ3v) is 3.74. The van der Waals surface area contributed by atoms with Gasteiger partial charge in [0.25, 0.3) is 0 Å². The zero-order valence-corrected chi connectivity index (χ0v) is 11.5. The van der Waals surface area contributed by atoms with Gasteiger partial charge in [-0.25, -0.2) is 0 Å². The van der Waals surface area contributed by atoms with E-state index < -0.39 is 0 Å². The monoisotopic (exact) mass is 237 g/mol. The number of aryl methyl sites for hydroxylation is 1. The van der Waals surface area contributed by atoms with Crippen molar-refractivity contribution < 1.29 is 0 Å². The van der Waals surface area contributed by atoms with E-state index >= 15 is 0 Å². The molecule has 1 aromatic rings. The predicted octanol–water partition coefficient (Wildman–Crippen LogP) is 4.00. The topological polar surface area (TPSA) is 12.0 Å². The van der Waals surface area contributed by atoms with Gasteiger partial charge in [0, 0.05) is 11.4 Å². The van der Waals surface area contributed by atoms with Crippen LogP contribution in [0.4, 0.5) is 0 Å². The second kappa shape index (κ2) is 7.75. The molecule has 0 radical (unpaired) electrons. The Morgan fingerprint density at radius 2 is 2.06 bits per heavy atom. The van der Waals surface area contributed by atoms with Crippen molar-refractivity contribution in [3.63, 3.8) is 0 Å². The number of nitrogens with one attached hydrogen (secondary N) is 1. The Labute approximate surface area is 104 Å². The molecule has 0 saturated heterocycles. The van der Waals surface area contributed by atoms with E-state index in [2.05, 4.69) is 44.3 Å². The minimum Gasteiger partial charge on any atom is -0.313 e. The van der Waals surface area contributed by atoms with Crippen LogP contribution in [0.1, 0.15) is 37.8 Å². The van der Waals surface area contributed by atoms with Crippen LogP contribution in [0, 0.1) is 6.92 Å². The highest BCUT2D eigenvalue weighted by atomic mass is 32.2. The second-order valence-corrected chi connectivity index (χ2v) is 5.23. The SMILES string of the molecule is CCCCSc1ccc(C)cc1CNCC. The van der Waals surface area contributed by atoms with Crippen LogP contribution in [0.3, 0.4) is 0 Å². The van der Waals surface area contributed by atoms with Gasteiger partial charge in [-0.1, -0.05) is 38.0 Å². The number of benzene rings is 1. The first-order valence-corrected chi connectivity index (χ1v) is 7.19. The van der Waals surface area contributed by atoms with Crippen LogP contribution in [0.25, 0.3) is 0 Å². The number of hydrogen-bond donors (Lipinski definition) is 1. The minimum atomic E-state index is 0.993. The summed E-state index contributed by atoms with van der Waals surface area (Å²) in [7, 11) is 0. The Kier molecular flexibility index (Phi) is 6.58. The van der Waals surface area contributed by atoms with Crippen LogP contribution < -0.4 is 5.32 Å². The Hall–Kier alpha value is -0.470. The van der Waals surface area contributed by atoms with Crippen LogP contribution in [0.5, 0.6) is 0 Å². The maximum Gasteiger partial charge on any atom is 0.0216 e. The molecule has 90 valence electrons. The molecule has 1 aromatic carbocycles. The third kappa shape index (κ3) is 4.58. The summed E-state index contributed by atoms with van der Waals surface area (Å²) in [4.78, 5) is 1.44. The molecule has 1 N–H and O–H groups in total. The molecule has 0 amide bonds. The summed E-state index contributed by atoms with van der Waals surface area (Å²) in [6.07, 6.45) is 2.58. The van der Waals surface area contributed by atoms with E-state index in [1.54, 1.807) is 0 Å². The van der Waals surface area contributed by atoms with E-state index in [-0.39, 0.29) is 0 Å². The van der Waals surface area contributed by atoms with Gasteiger partial charge >= 0.3 is 0 Å². The molecule has 0 saturated carbocycles. The van der Waals surface area contributed by atoms with Crippen molar-refractivity contribution in [1.29, 1.82) is 0 Å². The standard InChI is InChI=1S/C14H23NS/c1-4-6-9-16-14-8-7-12(3)10-13(14)11-15-5-2/h7-8,10,15H,4-6,9,11H2,1-3H3. The maximum absolute atomic E-state index is 3.41. The zero-order chi connectivity index (χ0) is 11.8. The van der Waals surface area contributed by atoms with Crippen molar-refractivity contribution in [3.05, 3.63) is 29.3 Å². The normalized spacial score (nSPS) is 10.7. The summed E-state index contributed by atoms with van der Waals surface area (Å²) < 4.78 is 0. The fourth-order valence-electron chi connectivity index (χ4n) is 1.57. The van der Waals surface area contributed by atoms with Gasteiger partial charge < -0.3 is 5.32 Å². The average Bonchev–Trinajstić information content (AvgIpc) is 2.29. The lowest BCUT2D eigenvalue weighted by atomic mass is 10.1. The van der Waals surface area contributed by atoms with E-state index in [0.29, 0.717) is 0 Å². The van der Waals surface area contributed by atoms with Crippen LogP contribution in [0.2, 0.25) is 0 Å². The van der Waals surface area contributed by atoms with Gasteiger partial charge in [0.1, 0.15) is 0 Å². The highest BCUT2D eigenvalue weighted by Crippen LogP contribution is 2.24. The molecule has 0 bridgehead atoms. The Morgan fingerprint density at radius 3 is 2.75 bits per heavy atom. The van der Waals surface area contributed by atoms with Gasteiger partial charge in [0.05, 0.1) is 0 Å². The molecule has 0 spiro atoms. The largest absolute Gasteiger partial charge is 0.313 e. The molecule has 1 rings (SSSR count). The number of thioether (sulfide) groups is 1. The van der Waals surface area contributed by atoms with E-state index in [0.717, 1.165) is 13.1 Å².